The van der Waals surface area contributed by atoms with Gasteiger partial charge in [0.05, 0.1) is 5.25 Å². The molecule has 0 spiro atoms. The van der Waals surface area contributed by atoms with Crippen LogP contribution in [-0.4, -0.2) is 10.2 Å². The van der Waals surface area contributed by atoms with Crippen molar-refractivity contribution in [1.82, 2.24) is 10.2 Å². The number of hydrogen-bond acceptors (Lipinski definition) is 4. The van der Waals surface area contributed by atoms with E-state index in [1.807, 2.05) is 0 Å². The Labute approximate surface area is 161 Å². The molecule has 1 aliphatic rings. The third kappa shape index (κ3) is 4.38. The molecule has 1 saturated carbocycles. The summed E-state index contributed by atoms with van der Waals surface area (Å²) in [5.74, 6) is 0.461. The highest BCUT2D eigenvalue weighted by Gasteiger charge is 2.24. The van der Waals surface area contributed by atoms with Gasteiger partial charge in [0.1, 0.15) is 11.6 Å². The van der Waals surface area contributed by atoms with Gasteiger partial charge in [0, 0.05) is 5.92 Å². The molecule has 3 nitrogen and oxygen atoms in total. The fraction of sp³-hybridized carbons (Fsp3) is 0.333. The first-order valence-corrected chi connectivity index (χ1v) is 10.1. The predicted molar refractivity (Wildman–Crippen MR) is 101 cm³/mol. The lowest BCUT2D eigenvalue weighted by atomic mass is 9.89. The Morgan fingerprint density at radius 2 is 1.37 bits per heavy atom. The Hall–Kier alpha value is -2.21. The fourth-order valence-corrected chi connectivity index (χ4v) is 4.50. The number of halogens is 2. The highest BCUT2D eigenvalue weighted by molar-refractivity contribution is 7.99. The van der Waals surface area contributed by atoms with Crippen molar-refractivity contribution in [2.24, 2.45) is 0 Å². The standard InChI is InChI=1S/C21H20F2N2OS/c22-17-10-6-14(7-11-17)19(15-8-12-18(23)13-9-15)27-21-25-24-20(26-21)16-4-2-1-3-5-16/h6-13,16,19H,1-5H2. The maximum atomic E-state index is 13.3. The second-order valence-electron chi connectivity index (χ2n) is 6.84. The van der Waals surface area contributed by atoms with Gasteiger partial charge >= 0.3 is 0 Å². The van der Waals surface area contributed by atoms with Crippen molar-refractivity contribution >= 4 is 11.8 Å². The van der Waals surface area contributed by atoms with E-state index in [1.54, 1.807) is 24.3 Å². The average molecular weight is 386 g/mol. The quantitative estimate of drug-likeness (QED) is 0.484. The zero-order chi connectivity index (χ0) is 18.6. The molecule has 3 aromatic rings. The Kier molecular flexibility index (Phi) is 5.53. The third-order valence-corrected chi connectivity index (χ3v) is 6.09. The summed E-state index contributed by atoms with van der Waals surface area (Å²) < 4.78 is 32.6. The van der Waals surface area contributed by atoms with Crippen LogP contribution in [0.1, 0.15) is 60.3 Å². The largest absolute Gasteiger partial charge is 0.416 e. The van der Waals surface area contributed by atoms with Crippen molar-refractivity contribution in [3.8, 4) is 0 Å². The summed E-state index contributed by atoms with van der Waals surface area (Å²) in [5, 5.41) is 8.76. The van der Waals surface area contributed by atoms with Crippen molar-refractivity contribution in [2.45, 2.75) is 48.5 Å². The van der Waals surface area contributed by atoms with Crippen LogP contribution in [0, 0.1) is 11.6 Å². The fourth-order valence-electron chi connectivity index (χ4n) is 3.49. The molecular weight excluding hydrogens is 366 g/mol. The molecule has 0 bridgehead atoms. The number of hydrogen-bond donors (Lipinski definition) is 0. The SMILES string of the molecule is Fc1ccc(C(Sc2nnc(C3CCCCC3)o2)c2ccc(F)cc2)cc1. The Balaban J connectivity index is 1.60. The summed E-state index contributed by atoms with van der Waals surface area (Å²) in [7, 11) is 0. The Morgan fingerprint density at radius 1 is 0.815 bits per heavy atom. The lowest BCUT2D eigenvalue weighted by Crippen LogP contribution is -2.04. The van der Waals surface area contributed by atoms with Crippen LogP contribution in [-0.2, 0) is 0 Å². The number of rotatable bonds is 5. The first-order chi connectivity index (χ1) is 13.2. The van der Waals surface area contributed by atoms with Gasteiger partial charge in [-0.3, -0.25) is 0 Å². The van der Waals surface area contributed by atoms with E-state index in [2.05, 4.69) is 10.2 Å². The topological polar surface area (TPSA) is 38.9 Å². The van der Waals surface area contributed by atoms with Crippen LogP contribution in [0.4, 0.5) is 8.78 Å². The van der Waals surface area contributed by atoms with E-state index in [-0.39, 0.29) is 16.9 Å². The molecule has 4 rings (SSSR count). The summed E-state index contributed by atoms with van der Waals surface area (Å²) in [6, 6.07) is 12.6. The molecule has 0 atom stereocenters. The van der Waals surface area contributed by atoms with Gasteiger partial charge in [0.2, 0.25) is 5.89 Å². The van der Waals surface area contributed by atoms with E-state index in [1.165, 1.54) is 55.3 Å². The first-order valence-electron chi connectivity index (χ1n) is 9.20. The molecule has 6 heteroatoms. The summed E-state index contributed by atoms with van der Waals surface area (Å²) >= 11 is 1.41. The normalized spacial score (nSPS) is 15.4. The van der Waals surface area contributed by atoms with Gasteiger partial charge in [-0.05, 0) is 48.2 Å². The van der Waals surface area contributed by atoms with Gasteiger partial charge < -0.3 is 4.42 Å². The molecule has 0 amide bonds. The number of benzene rings is 2. The molecule has 0 saturated heterocycles. The zero-order valence-corrected chi connectivity index (χ0v) is 15.6. The van der Waals surface area contributed by atoms with Crippen LogP contribution in [0.25, 0.3) is 0 Å². The van der Waals surface area contributed by atoms with Crippen molar-refractivity contribution in [1.29, 1.82) is 0 Å². The molecule has 0 N–H and O–H groups in total. The van der Waals surface area contributed by atoms with Gasteiger partial charge in [-0.25, -0.2) is 8.78 Å². The minimum absolute atomic E-state index is 0.189. The van der Waals surface area contributed by atoms with Crippen LogP contribution >= 0.6 is 11.8 Å². The van der Waals surface area contributed by atoms with Gasteiger partial charge in [0.25, 0.3) is 5.22 Å². The lowest BCUT2D eigenvalue weighted by Gasteiger charge is -2.18. The lowest BCUT2D eigenvalue weighted by molar-refractivity contribution is 0.334. The molecule has 1 fully saturated rings. The Morgan fingerprint density at radius 3 is 1.93 bits per heavy atom. The highest BCUT2D eigenvalue weighted by atomic mass is 32.2. The summed E-state index contributed by atoms with van der Waals surface area (Å²) in [4.78, 5) is 0. The smallest absolute Gasteiger partial charge is 0.277 e. The van der Waals surface area contributed by atoms with E-state index < -0.39 is 0 Å². The number of thioether (sulfide) groups is 1. The summed E-state index contributed by atoms with van der Waals surface area (Å²) in [5.41, 5.74) is 1.79. The van der Waals surface area contributed by atoms with E-state index in [4.69, 9.17) is 4.42 Å². The summed E-state index contributed by atoms with van der Waals surface area (Å²) in [6.45, 7) is 0. The number of aromatic nitrogens is 2. The molecule has 0 unspecified atom stereocenters. The maximum absolute atomic E-state index is 13.3. The van der Waals surface area contributed by atoms with Crippen molar-refractivity contribution in [3.63, 3.8) is 0 Å². The monoisotopic (exact) mass is 386 g/mol. The van der Waals surface area contributed by atoms with Gasteiger partial charge in [-0.2, -0.15) is 0 Å². The predicted octanol–water partition coefficient (Wildman–Crippen LogP) is 6.28. The van der Waals surface area contributed by atoms with Gasteiger partial charge in [0.15, 0.2) is 0 Å². The second-order valence-corrected chi connectivity index (χ2v) is 7.90. The number of nitrogens with zero attached hydrogens (tertiary/aromatic N) is 2. The zero-order valence-electron chi connectivity index (χ0n) is 14.8. The van der Waals surface area contributed by atoms with E-state index in [0.717, 1.165) is 24.0 Å². The average Bonchev–Trinajstić information content (AvgIpc) is 3.17. The molecule has 1 aromatic heterocycles. The van der Waals surface area contributed by atoms with Crippen LogP contribution in [0.3, 0.4) is 0 Å². The van der Waals surface area contributed by atoms with Crippen molar-refractivity contribution < 1.29 is 13.2 Å². The highest BCUT2D eigenvalue weighted by Crippen LogP contribution is 2.41. The van der Waals surface area contributed by atoms with E-state index in [0.29, 0.717) is 17.0 Å². The minimum Gasteiger partial charge on any atom is -0.416 e. The van der Waals surface area contributed by atoms with Crippen LogP contribution in [0.2, 0.25) is 0 Å². The van der Waals surface area contributed by atoms with Crippen LogP contribution in [0.5, 0.6) is 0 Å². The molecule has 27 heavy (non-hydrogen) atoms. The van der Waals surface area contributed by atoms with Gasteiger partial charge in [-0.15, -0.1) is 10.2 Å². The van der Waals surface area contributed by atoms with Crippen molar-refractivity contribution in [3.05, 3.63) is 77.2 Å². The molecule has 2 aromatic carbocycles. The molecule has 140 valence electrons. The van der Waals surface area contributed by atoms with Crippen LogP contribution in [0.15, 0.2) is 58.2 Å². The molecule has 0 aliphatic heterocycles. The van der Waals surface area contributed by atoms with Crippen LogP contribution < -0.4 is 0 Å². The second kappa shape index (κ2) is 8.21. The van der Waals surface area contributed by atoms with E-state index >= 15 is 0 Å². The third-order valence-electron chi connectivity index (χ3n) is 4.94. The first kappa shape index (κ1) is 18.2. The van der Waals surface area contributed by atoms with E-state index in [9.17, 15) is 8.78 Å². The molecule has 1 aliphatic carbocycles. The maximum Gasteiger partial charge on any atom is 0.277 e. The molecule has 1 heterocycles. The minimum atomic E-state index is -0.293. The molecular formula is C21H20F2N2OS. The Bertz CT molecular complexity index is 828. The summed E-state index contributed by atoms with van der Waals surface area (Å²) in [6.07, 6.45) is 5.84. The molecule has 0 radical (unpaired) electrons. The van der Waals surface area contributed by atoms with Gasteiger partial charge in [-0.1, -0.05) is 55.3 Å². The van der Waals surface area contributed by atoms with Crippen molar-refractivity contribution in [2.75, 3.05) is 0 Å².